The van der Waals surface area contributed by atoms with Gasteiger partial charge in [0.2, 0.25) is 0 Å². The third kappa shape index (κ3) is 2.53. The fraction of sp³-hybridized carbons (Fsp3) is 0.364. The van der Waals surface area contributed by atoms with Crippen molar-refractivity contribution in [2.75, 3.05) is 0 Å². The number of hydrogen-bond acceptors (Lipinski definition) is 1. The van der Waals surface area contributed by atoms with Gasteiger partial charge in [-0.15, -0.1) is 0 Å². The number of rotatable bonds is 3. The molecule has 2 heteroatoms. The van der Waals surface area contributed by atoms with E-state index in [1.54, 1.807) is 0 Å². The van der Waals surface area contributed by atoms with Gasteiger partial charge in [0.05, 0.1) is 0 Å². The summed E-state index contributed by atoms with van der Waals surface area (Å²) in [6.07, 6.45) is 2.00. The third-order valence-electron chi connectivity index (χ3n) is 2.18. The summed E-state index contributed by atoms with van der Waals surface area (Å²) in [5.74, 6) is 0.0182. The van der Waals surface area contributed by atoms with Gasteiger partial charge in [0.1, 0.15) is 6.29 Å². The molecule has 1 nitrogen and oxygen atoms in total. The standard InChI is InChI=1S/C11H13IO/c1-3-9-4-5-10(12)6-11(9)8(2)7-13/h4-8H,3H2,1-2H3. The van der Waals surface area contributed by atoms with Gasteiger partial charge in [-0.1, -0.05) is 19.9 Å². The van der Waals surface area contributed by atoms with Gasteiger partial charge in [-0.3, -0.25) is 0 Å². The summed E-state index contributed by atoms with van der Waals surface area (Å²) in [6, 6.07) is 6.29. The van der Waals surface area contributed by atoms with Crippen molar-refractivity contribution in [2.24, 2.45) is 0 Å². The molecule has 1 unspecified atom stereocenters. The number of halogens is 1. The quantitative estimate of drug-likeness (QED) is 0.617. The molecule has 0 amide bonds. The molecule has 13 heavy (non-hydrogen) atoms. The van der Waals surface area contributed by atoms with Crippen molar-refractivity contribution in [1.29, 1.82) is 0 Å². The molecule has 0 aliphatic rings. The predicted molar refractivity (Wildman–Crippen MR) is 63.0 cm³/mol. The zero-order valence-corrected chi connectivity index (χ0v) is 10.0. The Morgan fingerprint density at radius 2 is 2.23 bits per heavy atom. The van der Waals surface area contributed by atoms with Crippen LogP contribution < -0.4 is 0 Å². The van der Waals surface area contributed by atoms with E-state index in [2.05, 4.69) is 47.7 Å². The lowest BCUT2D eigenvalue weighted by atomic mass is 9.96. The van der Waals surface area contributed by atoms with Crippen LogP contribution in [0.1, 0.15) is 30.9 Å². The van der Waals surface area contributed by atoms with Crippen molar-refractivity contribution >= 4 is 28.9 Å². The Bertz CT molecular complexity index is 307. The first kappa shape index (κ1) is 10.7. The van der Waals surface area contributed by atoms with Crippen molar-refractivity contribution in [3.05, 3.63) is 32.9 Å². The first-order valence-corrected chi connectivity index (χ1v) is 5.50. The topological polar surface area (TPSA) is 17.1 Å². The van der Waals surface area contributed by atoms with E-state index in [1.807, 2.05) is 6.92 Å². The van der Waals surface area contributed by atoms with Crippen molar-refractivity contribution < 1.29 is 4.79 Å². The Balaban J connectivity index is 3.14. The normalized spacial score (nSPS) is 12.5. The molecule has 1 aromatic carbocycles. The van der Waals surface area contributed by atoms with Crippen molar-refractivity contribution in [2.45, 2.75) is 26.2 Å². The van der Waals surface area contributed by atoms with E-state index in [0.717, 1.165) is 12.7 Å². The van der Waals surface area contributed by atoms with Gasteiger partial charge in [0.25, 0.3) is 0 Å². The molecule has 0 aromatic heterocycles. The smallest absolute Gasteiger partial charge is 0.127 e. The van der Waals surface area contributed by atoms with Gasteiger partial charge in [-0.2, -0.15) is 0 Å². The highest BCUT2D eigenvalue weighted by atomic mass is 127. The van der Waals surface area contributed by atoms with Crippen LogP contribution in [0.5, 0.6) is 0 Å². The summed E-state index contributed by atoms with van der Waals surface area (Å²) in [6.45, 7) is 4.06. The van der Waals surface area contributed by atoms with E-state index in [0.29, 0.717) is 0 Å². The van der Waals surface area contributed by atoms with Crippen LogP contribution in [0.25, 0.3) is 0 Å². The molecule has 0 aliphatic heterocycles. The molecule has 0 radical (unpaired) electrons. The molecule has 0 spiro atoms. The Labute approximate surface area is 92.7 Å². The molecular formula is C11H13IO. The van der Waals surface area contributed by atoms with E-state index in [9.17, 15) is 4.79 Å². The van der Waals surface area contributed by atoms with E-state index >= 15 is 0 Å². The molecule has 1 aromatic rings. The van der Waals surface area contributed by atoms with Crippen LogP contribution in [0.2, 0.25) is 0 Å². The summed E-state index contributed by atoms with van der Waals surface area (Å²) in [7, 11) is 0. The largest absolute Gasteiger partial charge is 0.303 e. The summed E-state index contributed by atoms with van der Waals surface area (Å²) in [4.78, 5) is 10.7. The summed E-state index contributed by atoms with van der Waals surface area (Å²) in [5.41, 5.74) is 2.45. The second-order valence-corrected chi connectivity index (χ2v) is 4.37. The number of benzene rings is 1. The van der Waals surface area contributed by atoms with Crippen LogP contribution >= 0.6 is 22.6 Å². The molecule has 0 saturated heterocycles. The molecule has 0 aliphatic carbocycles. The lowest BCUT2D eigenvalue weighted by molar-refractivity contribution is -0.108. The first-order chi connectivity index (χ1) is 6.19. The van der Waals surface area contributed by atoms with Crippen molar-refractivity contribution in [3.63, 3.8) is 0 Å². The maximum Gasteiger partial charge on any atom is 0.127 e. The minimum absolute atomic E-state index is 0.0182. The third-order valence-corrected chi connectivity index (χ3v) is 2.85. The van der Waals surface area contributed by atoms with E-state index in [1.165, 1.54) is 14.7 Å². The van der Waals surface area contributed by atoms with Gasteiger partial charge in [0, 0.05) is 9.49 Å². The van der Waals surface area contributed by atoms with Crippen molar-refractivity contribution in [1.82, 2.24) is 0 Å². The van der Waals surface area contributed by atoms with Crippen LogP contribution in [0.3, 0.4) is 0 Å². The Morgan fingerprint density at radius 3 is 2.77 bits per heavy atom. The molecule has 1 atom stereocenters. The first-order valence-electron chi connectivity index (χ1n) is 4.42. The average Bonchev–Trinajstić information content (AvgIpc) is 2.16. The van der Waals surface area contributed by atoms with Crippen molar-refractivity contribution in [3.8, 4) is 0 Å². The van der Waals surface area contributed by atoms with Gasteiger partial charge in [-0.25, -0.2) is 0 Å². The van der Waals surface area contributed by atoms with E-state index in [4.69, 9.17) is 0 Å². The summed E-state index contributed by atoms with van der Waals surface area (Å²) < 4.78 is 1.19. The number of carbonyl (C=O) groups excluding carboxylic acids is 1. The van der Waals surface area contributed by atoms with E-state index in [-0.39, 0.29) is 5.92 Å². The number of carbonyl (C=O) groups is 1. The van der Waals surface area contributed by atoms with Gasteiger partial charge >= 0.3 is 0 Å². The molecular weight excluding hydrogens is 275 g/mol. The molecule has 0 N–H and O–H groups in total. The van der Waals surface area contributed by atoms with Crippen LogP contribution in [-0.2, 0) is 11.2 Å². The predicted octanol–water partition coefficient (Wildman–Crippen LogP) is 3.16. The van der Waals surface area contributed by atoms with Crippen LogP contribution in [0.15, 0.2) is 18.2 Å². The Kier molecular flexibility index (Phi) is 3.90. The number of aryl methyl sites for hydroxylation is 1. The van der Waals surface area contributed by atoms with Gasteiger partial charge in [-0.05, 0) is 52.3 Å². The summed E-state index contributed by atoms with van der Waals surface area (Å²) >= 11 is 2.27. The molecule has 0 bridgehead atoms. The maximum atomic E-state index is 10.7. The minimum atomic E-state index is 0.0182. The Morgan fingerprint density at radius 1 is 1.54 bits per heavy atom. The average molecular weight is 288 g/mol. The zero-order chi connectivity index (χ0) is 9.84. The second-order valence-electron chi connectivity index (χ2n) is 3.12. The zero-order valence-electron chi connectivity index (χ0n) is 7.88. The molecule has 0 fully saturated rings. The van der Waals surface area contributed by atoms with Gasteiger partial charge < -0.3 is 4.79 Å². The number of aldehydes is 1. The number of hydrogen-bond donors (Lipinski definition) is 0. The molecule has 0 saturated carbocycles. The second kappa shape index (κ2) is 4.74. The van der Waals surface area contributed by atoms with Crippen LogP contribution in [0.4, 0.5) is 0 Å². The fourth-order valence-electron chi connectivity index (χ4n) is 1.38. The monoisotopic (exact) mass is 288 g/mol. The van der Waals surface area contributed by atoms with E-state index < -0.39 is 0 Å². The Hall–Kier alpha value is -0.380. The highest BCUT2D eigenvalue weighted by Gasteiger charge is 2.08. The highest BCUT2D eigenvalue weighted by molar-refractivity contribution is 14.1. The fourth-order valence-corrected chi connectivity index (χ4v) is 1.90. The lowest BCUT2D eigenvalue weighted by Gasteiger charge is -2.10. The lowest BCUT2D eigenvalue weighted by Crippen LogP contribution is -2.00. The summed E-state index contributed by atoms with van der Waals surface area (Å²) in [5, 5.41) is 0. The van der Waals surface area contributed by atoms with Crippen LogP contribution in [-0.4, -0.2) is 6.29 Å². The maximum absolute atomic E-state index is 10.7. The van der Waals surface area contributed by atoms with Gasteiger partial charge in [0.15, 0.2) is 0 Å². The molecule has 0 heterocycles. The molecule has 70 valence electrons. The SMILES string of the molecule is CCc1ccc(I)cc1C(C)C=O. The minimum Gasteiger partial charge on any atom is -0.303 e. The van der Waals surface area contributed by atoms with Crippen LogP contribution in [0, 0.1) is 3.57 Å². The molecule has 1 rings (SSSR count). The highest BCUT2D eigenvalue weighted by Crippen LogP contribution is 2.21.